The fourth-order valence-corrected chi connectivity index (χ4v) is 4.00. The maximum absolute atomic E-state index is 12.9. The van der Waals surface area contributed by atoms with E-state index in [1.165, 1.54) is 31.4 Å². The third-order valence-electron chi connectivity index (χ3n) is 3.49. The van der Waals surface area contributed by atoms with E-state index in [0.29, 0.717) is 5.75 Å². The molecule has 0 amide bonds. The molecule has 0 spiro atoms. The predicted molar refractivity (Wildman–Crippen MR) is 94.2 cm³/mol. The quantitative estimate of drug-likeness (QED) is 0.651. The fourth-order valence-electron chi connectivity index (χ4n) is 2.21. The lowest BCUT2D eigenvalue weighted by Gasteiger charge is -2.24. The van der Waals surface area contributed by atoms with Crippen LogP contribution in [0.1, 0.15) is 5.56 Å². The molecule has 2 aromatic carbocycles. The Bertz CT molecular complexity index is 896. The van der Waals surface area contributed by atoms with Crippen LogP contribution >= 0.6 is 11.6 Å². The molecule has 0 aromatic heterocycles. The number of nitrogens with zero attached hydrogens (tertiary/aromatic N) is 1. The van der Waals surface area contributed by atoms with E-state index < -0.39 is 21.8 Å². The van der Waals surface area contributed by atoms with Crippen LogP contribution in [0.4, 0.5) is 18.9 Å². The molecule has 0 N–H and O–H groups in total. The smallest absolute Gasteiger partial charge is 0.416 e. The molecule has 0 radical (unpaired) electrons. The second-order valence-electron chi connectivity index (χ2n) is 5.17. The molecule has 26 heavy (non-hydrogen) atoms. The number of hydrogen-bond acceptors (Lipinski definition) is 3. The summed E-state index contributed by atoms with van der Waals surface area (Å²) in [5, 5.41) is 0.0968. The highest BCUT2D eigenvalue weighted by Crippen LogP contribution is 2.33. The van der Waals surface area contributed by atoms with Crippen molar-refractivity contribution in [3.05, 3.63) is 65.7 Å². The van der Waals surface area contributed by atoms with E-state index in [-0.39, 0.29) is 22.2 Å². The van der Waals surface area contributed by atoms with E-state index in [4.69, 9.17) is 16.3 Å². The monoisotopic (exact) mass is 405 g/mol. The Morgan fingerprint density at radius 3 is 2.27 bits per heavy atom. The van der Waals surface area contributed by atoms with Crippen LogP contribution in [0.3, 0.4) is 0 Å². The molecule has 9 heteroatoms. The first-order valence-corrected chi connectivity index (χ1v) is 9.07. The van der Waals surface area contributed by atoms with Crippen molar-refractivity contribution in [3.63, 3.8) is 0 Å². The lowest BCUT2D eigenvalue weighted by Crippen LogP contribution is -2.31. The summed E-state index contributed by atoms with van der Waals surface area (Å²) >= 11 is 5.98. The van der Waals surface area contributed by atoms with Crippen LogP contribution in [-0.2, 0) is 16.2 Å². The zero-order valence-electron chi connectivity index (χ0n) is 13.6. The Kier molecular flexibility index (Phi) is 5.87. The van der Waals surface area contributed by atoms with Gasteiger partial charge in [0.2, 0.25) is 0 Å². The summed E-state index contributed by atoms with van der Waals surface area (Å²) in [6.45, 7) is 3.38. The van der Waals surface area contributed by atoms with Crippen molar-refractivity contribution in [3.8, 4) is 5.75 Å². The van der Waals surface area contributed by atoms with Gasteiger partial charge in [0.25, 0.3) is 10.0 Å². The van der Waals surface area contributed by atoms with E-state index in [0.717, 1.165) is 28.6 Å². The number of anilines is 1. The van der Waals surface area contributed by atoms with Crippen LogP contribution in [0.2, 0.25) is 5.02 Å². The number of sulfonamides is 1. The van der Waals surface area contributed by atoms with Gasteiger partial charge in [-0.1, -0.05) is 17.7 Å². The SMILES string of the molecule is C=CCN(c1ccc(C(F)(F)F)cc1)S(=O)(=O)c1ccc(OC)c(Cl)c1. The molecule has 0 fully saturated rings. The van der Waals surface area contributed by atoms with Gasteiger partial charge in [-0.3, -0.25) is 4.31 Å². The van der Waals surface area contributed by atoms with Gasteiger partial charge in [-0.25, -0.2) is 8.42 Å². The summed E-state index contributed by atoms with van der Waals surface area (Å²) in [5.41, 5.74) is -0.797. The molecule has 4 nitrogen and oxygen atoms in total. The molecular weight excluding hydrogens is 391 g/mol. The van der Waals surface area contributed by atoms with Crippen molar-refractivity contribution in [2.75, 3.05) is 18.0 Å². The van der Waals surface area contributed by atoms with E-state index in [1.807, 2.05) is 0 Å². The number of methoxy groups -OCH3 is 1. The molecule has 0 heterocycles. The lowest BCUT2D eigenvalue weighted by molar-refractivity contribution is -0.137. The van der Waals surface area contributed by atoms with Gasteiger partial charge >= 0.3 is 6.18 Å². The van der Waals surface area contributed by atoms with Crippen molar-refractivity contribution < 1.29 is 26.3 Å². The molecular formula is C17H15ClF3NO3S. The van der Waals surface area contributed by atoms with Crippen LogP contribution in [0.5, 0.6) is 5.75 Å². The predicted octanol–water partition coefficient (Wildman–Crippen LogP) is 4.75. The molecule has 2 rings (SSSR count). The third kappa shape index (κ3) is 4.13. The van der Waals surface area contributed by atoms with Gasteiger partial charge < -0.3 is 4.74 Å². The molecule has 0 bridgehead atoms. The van der Waals surface area contributed by atoms with Crippen molar-refractivity contribution >= 4 is 27.3 Å². The van der Waals surface area contributed by atoms with Crippen LogP contribution in [0.15, 0.2) is 60.0 Å². The molecule has 0 aliphatic heterocycles. The molecule has 2 aromatic rings. The number of ether oxygens (including phenoxy) is 1. The van der Waals surface area contributed by atoms with Crippen molar-refractivity contribution in [1.82, 2.24) is 0 Å². The average Bonchev–Trinajstić information content (AvgIpc) is 2.58. The van der Waals surface area contributed by atoms with Gasteiger partial charge in [0, 0.05) is 0 Å². The summed E-state index contributed by atoms with van der Waals surface area (Å²) in [4.78, 5) is -0.120. The number of alkyl halides is 3. The Morgan fingerprint density at radius 1 is 1.19 bits per heavy atom. The highest BCUT2D eigenvalue weighted by Gasteiger charge is 2.31. The van der Waals surface area contributed by atoms with Gasteiger partial charge in [0.05, 0.1) is 34.8 Å². The number of rotatable bonds is 6. The van der Waals surface area contributed by atoms with E-state index in [9.17, 15) is 21.6 Å². The topological polar surface area (TPSA) is 46.6 Å². The number of hydrogen-bond donors (Lipinski definition) is 0. The summed E-state index contributed by atoms with van der Waals surface area (Å²) < 4.78 is 69.9. The normalized spacial score (nSPS) is 11.9. The van der Waals surface area contributed by atoms with Crippen LogP contribution in [0.25, 0.3) is 0 Å². The second-order valence-corrected chi connectivity index (χ2v) is 7.44. The minimum atomic E-state index is -4.51. The van der Waals surface area contributed by atoms with Gasteiger partial charge in [0.1, 0.15) is 5.75 Å². The molecule has 140 valence electrons. The van der Waals surface area contributed by atoms with Crippen molar-refractivity contribution in [2.45, 2.75) is 11.1 Å². The van der Waals surface area contributed by atoms with Gasteiger partial charge in [-0.15, -0.1) is 6.58 Å². The molecule has 0 unspecified atom stereocenters. The van der Waals surface area contributed by atoms with Crippen LogP contribution in [0, 0.1) is 0 Å². The van der Waals surface area contributed by atoms with E-state index in [1.54, 1.807) is 0 Å². The minimum absolute atomic E-state index is 0.0739. The minimum Gasteiger partial charge on any atom is -0.495 e. The average molecular weight is 406 g/mol. The summed E-state index contributed by atoms with van der Waals surface area (Å²) in [6.07, 6.45) is -3.18. The first-order valence-electron chi connectivity index (χ1n) is 7.25. The fraction of sp³-hybridized carbons (Fsp3) is 0.176. The Balaban J connectivity index is 2.48. The summed E-state index contributed by atoms with van der Waals surface area (Å²) in [7, 11) is -2.68. The molecule has 0 aliphatic carbocycles. The first-order chi connectivity index (χ1) is 12.1. The van der Waals surface area contributed by atoms with Gasteiger partial charge in [-0.2, -0.15) is 13.2 Å². The zero-order valence-corrected chi connectivity index (χ0v) is 15.2. The third-order valence-corrected chi connectivity index (χ3v) is 5.57. The number of halogens is 4. The van der Waals surface area contributed by atoms with E-state index >= 15 is 0 Å². The Hall–Kier alpha value is -2.19. The number of benzene rings is 2. The highest BCUT2D eigenvalue weighted by atomic mass is 35.5. The molecule has 0 saturated carbocycles. The summed E-state index contributed by atoms with van der Waals surface area (Å²) in [6, 6.07) is 7.75. The Labute approximate surface area is 154 Å². The van der Waals surface area contributed by atoms with Crippen molar-refractivity contribution in [2.24, 2.45) is 0 Å². The highest BCUT2D eigenvalue weighted by molar-refractivity contribution is 7.92. The zero-order chi connectivity index (χ0) is 19.5. The molecule has 0 atom stereocenters. The van der Waals surface area contributed by atoms with Gasteiger partial charge in [0.15, 0.2) is 0 Å². The van der Waals surface area contributed by atoms with E-state index in [2.05, 4.69) is 6.58 Å². The van der Waals surface area contributed by atoms with Crippen LogP contribution < -0.4 is 9.04 Å². The first kappa shape index (κ1) is 20.1. The largest absolute Gasteiger partial charge is 0.495 e. The molecule has 0 saturated heterocycles. The van der Waals surface area contributed by atoms with Gasteiger partial charge in [-0.05, 0) is 42.5 Å². The standard InChI is InChI=1S/C17H15ClF3NO3S/c1-3-10-22(13-6-4-12(5-7-13)17(19,20)21)26(23,24)14-8-9-16(25-2)15(18)11-14/h3-9,11H,1,10H2,2H3. The molecule has 0 aliphatic rings. The second kappa shape index (κ2) is 7.59. The summed E-state index contributed by atoms with van der Waals surface area (Å²) in [5.74, 6) is 0.301. The maximum Gasteiger partial charge on any atom is 0.416 e. The van der Waals surface area contributed by atoms with Crippen LogP contribution in [-0.4, -0.2) is 22.1 Å². The Morgan fingerprint density at radius 2 is 1.81 bits per heavy atom. The maximum atomic E-state index is 12.9. The lowest BCUT2D eigenvalue weighted by atomic mass is 10.2. The van der Waals surface area contributed by atoms with Crippen molar-refractivity contribution in [1.29, 1.82) is 0 Å².